The predicted octanol–water partition coefficient (Wildman–Crippen LogP) is 2.02. The van der Waals surface area contributed by atoms with Crippen LogP contribution in [0.3, 0.4) is 0 Å². The third-order valence-electron chi connectivity index (χ3n) is 3.29. The van der Waals surface area contributed by atoms with Gasteiger partial charge in [0.1, 0.15) is 11.5 Å². The highest BCUT2D eigenvalue weighted by Crippen LogP contribution is 2.28. The first-order valence-corrected chi connectivity index (χ1v) is 6.32. The van der Waals surface area contributed by atoms with Crippen molar-refractivity contribution in [2.45, 2.75) is 38.2 Å². The minimum atomic E-state index is -0.704. The maximum Gasteiger partial charge on any atom is 0.244 e. The third kappa shape index (κ3) is 3.47. The van der Waals surface area contributed by atoms with E-state index < -0.39 is 5.60 Å². The third-order valence-corrected chi connectivity index (χ3v) is 3.29. The Labute approximate surface area is 107 Å². The van der Waals surface area contributed by atoms with Gasteiger partial charge in [0, 0.05) is 12.6 Å². The lowest BCUT2D eigenvalue weighted by atomic mass is 10.0. The molecule has 98 valence electrons. The van der Waals surface area contributed by atoms with Crippen LogP contribution in [0.5, 0.6) is 0 Å². The van der Waals surface area contributed by atoms with Gasteiger partial charge in [0.2, 0.25) is 5.91 Å². The maximum atomic E-state index is 11.6. The van der Waals surface area contributed by atoms with Crippen molar-refractivity contribution in [3.05, 3.63) is 29.7 Å². The van der Waals surface area contributed by atoms with Gasteiger partial charge >= 0.3 is 0 Å². The highest BCUT2D eigenvalue weighted by Gasteiger charge is 2.30. The molecule has 1 saturated carbocycles. The molecule has 1 aromatic rings. The van der Waals surface area contributed by atoms with Gasteiger partial charge in [-0.25, -0.2) is 0 Å². The van der Waals surface area contributed by atoms with E-state index in [4.69, 9.17) is 4.42 Å². The lowest BCUT2D eigenvalue weighted by Crippen LogP contribution is -2.40. The van der Waals surface area contributed by atoms with E-state index >= 15 is 0 Å². The molecule has 0 aromatic carbocycles. The van der Waals surface area contributed by atoms with Crippen LogP contribution in [0.15, 0.2) is 22.6 Å². The van der Waals surface area contributed by atoms with Gasteiger partial charge < -0.3 is 14.8 Å². The summed E-state index contributed by atoms with van der Waals surface area (Å²) in [6.07, 6.45) is 6.67. The summed E-state index contributed by atoms with van der Waals surface area (Å²) in [5, 5.41) is 12.8. The second-order valence-electron chi connectivity index (χ2n) is 4.93. The molecule has 0 unspecified atom stereocenters. The van der Waals surface area contributed by atoms with Crippen LogP contribution in [0.25, 0.3) is 6.08 Å². The van der Waals surface area contributed by atoms with E-state index in [9.17, 15) is 9.90 Å². The molecule has 0 saturated heterocycles. The van der Waals surface area contributed by atoms with Crippen molar-refractivity contribution in [2.24, 2.45) is 0 Å². The van der Waals surface area contributed by atoms with Gasteiger partial charge in [0.05, 0.1) is 5.60 Å². The SMILES string of the molecule is Cc1ccc(/C=C/C(=O)NCC2(O)CCCC2)o1. The number of furan rings is 1. The Balaban J connectivity index is 1.80. The normalized spacial score (nSPS) is 18.3. The van der Waals surface area contributed by atoms with E-state index in [0.29, 0.717) is 12.3 Å². The first-order valence-electron chi connectivity index (χ1n) is 6.32. The summed E-state index contributed by atoms with van der Waals surface area (Å²) in [6.45, 7) is 2.18. The molecule has 0 spiro atoms. The highest BCUT2D eigenvalue weighted by atomic mass is 16.3. The largest absolute Gasteiger partial charge is 0.462 e. The Morgan fingerprint density at radius 3 is 2.83 bits per heavy atom. The van der Waals surface area contributed by atoms with Crippen molar-refractivity contribution in [1.82, 2.24) is 5.32 Å². The molecule has 1 fully saturated rings. The summed E-state index contributed by atoms with van der Waals surface area (Å²) < 4.78 is 5.32. The van der Waals surface area contributed by atoms with Gasteiger partial charge in [0.25, 0.3) is 0 Å². The Hall–Kier alpha value is -1.55. The highest BCUT2D eigenvalue weighted by molar-refractivity contribution is 5.91. The average molecular weight is 249 g/mol. The van der Waals surface area contributed by atoms with Crippen LogP contribution in [0.4, 0.5) is 0 Å². The number of aliphatic hydroxyl groups is 1. The summed E-state index contributed by atoms with van der Waals surface area (Å²) in [5.74, 6) is 1.27. The van der Waals surface area contributed by atoms with Gasteiger partial charge in [-0.1, -0.05) is 12.8 Å². The van der Waals surface area contributed by atoms with Gasteiger partial charge in [-0.05, 0) is 38.0 Å². The summed E-state index contributed by atoms with van der Waals surface area (Å²) in [4.78, 5) is 11.6. The molecular weight excluding hydrogens is 230 g/mol. The number of hydrogen-bond acceptors (Lipinski definition) is 3. The second kappa shape index (κ2) is 5.40. The van der Waals surface area contributed by atoms with E-state index in [1.807, 2.05) is 19.1 Å². The lowest BCUT2D eigenvalue weighted by molar-refractivity contribution is -0.117. The monoisotopic (exact) mass is 249 g/mol. The smallest absolute Gasteiger partial charge is 0.244 e. The molecule has 18 heavy (non-hydrogen) atoms. The Morgan fingerprint density at radius 2 is 2.22 bits per heavy atom. The zero-order chi connectivity index (χ0) is 13.0. The van der Waals surface area contributed by atoms with Crippen LogP contribution >= 0.6 is 0 Å². The molecule has 0 radical (unpaired) electrons. The van der Waals surface area contributed by atoms with Crippen molar-refractivity contribution in [3.8, 4) is 0 Å². The first-order chi connectivity index (χ1) is 8.57. The maximum absolute atomic E-state index is 11.6. The number of rotatable bonds is 4. The zero-order valence-electron chi connectivity index (χ0n) is 10.6. The molecule has 2 N–H and O–H groups in total. The van der Waals surface area contributed by atoms with Gasteiger partial charge in [-0.2, -0.15) is 0 Å². The van der Waals surface area contributed by atoms with Gasteiger partial charge in [0.15, 0.2) is 0 Å². The van der Waals surface area contributed by atoms with E-state index in [1.165, 1.54) is 6.08 Å². The number of hydrogen-bond donors (Lipinski definition) is 2. The summed E-state index contributed by atoms with van der Waals surface area (Å²) in [6, 6.07) is 3.66. The zero-order valence-corrected chi connectivity index (χ0v) is 10.6. The minimum absolute atomic E-state index is 0.204. The molecule has 4 nitrogen and oxygen atoms in total. The molecule has 1 heterocycles. The number of amides is 1. The topological polar surface area (TPSA) is 62.5 Å². The van der Waals surface area contributed by atoms with Crippen LogP contribution < -0.4 is 5.32 Å². The van der Waals surface area contributed by atoms with Crippen LogP contribution in [-0.2, 0) is 4.79 Å². The molecule has 1 aliphatic carbocycles. The van der Waals surface area contributed by atoms with E-state index in [0.717, 1.165) is 31.4 Å². The first kappa shape index (κ1) is 12.9. The minimum Gasteiger partial charge on any atom is -0.462 e. The van der Waals surface area contributed by atoms with Crippen molar-refractivity contribution >= 4 is 12.0 Å². The Bertz CT molecular complexity index is 442. The van der Waals surface area contributed by atoms with Crippen LogP contribution in [0.1, 0.15) is 37.2 Å². The fraction of sp³-hybridized carbons (Fsp3) is 0.500. The number of carbonyl (C=O) groups excluding carboxylic acids is 1. The summed E-state index contributed by atoms with van der Waals surface area (Å²) in [5.41, 5.74) is -0.704. The molecule has 0 aliphatic heterocycles. The van der Waals surface area contributed by atoms with Crippen molar-refractivity contribution in [3.63, 3.8) is 0 Å². The number of nitrogens with one attached hydrogen (secondary N) is 1. The van der Waals surface area contributed by atoms with Crippen LogP contribution in [0.2, 0.25) is 0 Å². The number of aryl methyl sites for hydroxylation is 1. The van der Waals surface area contributed by atoms with E-state index in [-0.39, 0.29) is 5.91 Å². The lowest BCUT2D eigenvalue weighted by Gasteiger charge is -2.21. The number of carbonyl (C=O) groups is 1. The molecule has 1 aliphatic rings. The fourth-order valence-electron chi connectivity index (χ4n) is 2.22. The second-order valence-corrected chi connectivity index (χ2v) is 4.93. The Morgan fingerprint density at radius 1 is 1.50 bits per heavy atom. The van der Waals surface area contributed by atoms with Crippen LogP contribution in [-0.4, -0.2) is 23.2 Å². The molecule has 1 aromatic heterocycles. The molecular formula is C14H19NO3. The summed E-state index contributed by atoms with van der Waals surface area (Å²) >= 11 is 0. The summed E-state index contributed by atoms with van der Waals surface area (Å²) in [7, 11) is 0. The fourth-order valence-corrected chi connectivity index (χ4v) is 2.22. The molecule has 0 bridgehead atoms. The molecule has 1 amide bonds. The Kier molecular flexibility index (Phi) is 3.87. The van der Waals surface area contributed by atoms with Gasteiger partial charge in [-0.15, -0.1) is 0 Å². The molecule has 0 atom stereocenters. The predicted molar refractivity (Wildman–Crippen MR) is 68.9 cm³/mol. The van der Waals surface area contributed by atoms with Crippen molar-refractivity contribution in [2.75, 3.05) is 6.54 Å². The standard InChI is InChI=1S/C14H19NO3/c1-11-4-5-12(18-11)6-7-13(16)15-10-14(17)8-2-3-9-14/h4-7,17H,2-3,8-10H2,1H3,(H,15,16)/b7-6+. The van der Waals surface area contributed by atoms with Crippen molar-refractivity contribution < 1.29 is 14.3 Å². The van der Waals surface area contributed by atoms with Crippen molar-refractivity contribution in [1.29, 1.82) is 0 Å². The molecule has 4 heteroatoms. The molecule has 2 rings (SSSR count). The van der Waals surface area contributed by atoms with E-state index in [2.05, 4.69) is 5.32 Å². The van der Waals surface area contributed by atoms with Crippen LogP contribution in [0, 0.1) is 6.92 Å². The quantitative estimate of drug-likeness (QED) is 0.802. The average Bonchev–Trinajstić information content (AvgIpc) is 2.94. The van der Waals surface area contributed by atoms with Gasteiger partial charge in [-0.3, -0.25) is 4.79 Å². The van der Waals surface area contributed by atoms with E-state index in [1.54, 1.807) is 6.08 Å².